The number of benzene rings is 7. The molecule has 1 heteroatoms. The Labute approximate surface area is 322 Å². The van der Waals surface area contributed by atoms with E-state index in [9.17, 15) is 0 Å². The van der Waals surface area contributed by atoms with Crippen LogP contribution in [0.3, 0.4) is 0 Å². The molecule has 0 aromatic heterocycles. The third kappa shape index (κ3) is 5.86. The van der Waals surface area contributed by atoms with Gasteiger partial charge in [-0.1, -0.05) is 175 Å². The lowest BCUT2D eigenvalue weighted by Gasteiger charge is -2.30. The molecule has 0 atom stereocenters. The second kappa shape index (κ2) is 13.5. The van der Waals surface area contributed by atoms with Crippen LogP contribution in [0.25, 0.3) is 44.2 Å². The molecule has 0 aliphatic heterocycles. The fourth-order valence-corrected chi connectivity index (χ4v) is 9.57. The zero-order valence-corrected chi connectivity index (χ0v) is 32.5. The Morgan fingerprint density at radius 2 is 1.09 bits per heavy atom. The Morgan fingerprint density at radius 3 is 1.81 bits per heavy atom. The predicted molar refractivity (Wildman–Crippen MR) is 232 cm³/mol. The van der Waals surface area contributed by atoms with Crippen molar-refractivity contribution in [3.8, 4) is 33.4 Å². The molecular weight excluding hydrogens is 651 g/mol. The molecule has 54 heavy (non-hydrogen) atoms. The summed E-state index contributed by atoms with van der Waals surface area (Å²) in [7, 11) is 0. The molecule has 0 saturated heterocycles. The first-order valence-electron chi connectivity index (χ1n) is 20.1. The maximum absolute atomic E-state index is 2.47. The van der Waals surface area contributed by atoms with Crippen LogP contribution in [0, 0.1) is 0 Å². The Kier molecular flexibility index (Phi) is 8.57. The molecule has 0 bridgehead atoms. The van der Waals surface area contributed by atoms with Gasteiger partial charge in [-0.3, -0.25) is 0 Å². The summed E-state index contributed by atoms with van der Waals surface area (Å²) in [5.41, 5.74) is 17.1. The van der Waals surface area contributed by atoms with Gasteiger partial charge in [-0.05, 0) is 115 Å². The third-order valence-corrected chi connectivity index (χ3v) is 12.5. The maximum atomic E-state index is 2.47. The molecular formula is C53H51N. The largest absolute Gasteiger partial charge is 0.310 e. The molecule has 0 unspecified atom stereocenters. The number of rotatable bonds is 6. The Morgan fingerprint density at radius 1 is 0.519 bits per heavy atom. The van der Waals surface area contributed by atoms with Gasteiger partial charge in [-0.25, -0.2) is 0 Å². The average Bonchev–Trinajstić information content (AvgIpc) is 3.44. The minimum atomic E-state index is -0.0277. The molecule has 9 rings (SSSR count). The van der Waals surface area contributed by atoms with E-state index >= 15 is 0 Å². The first-order valence-corrected chi connectivity index (χ1v) is 20.1. The highest BCUT2D eigenvalue weighted by Crippen LogP contribution is 2.52. The van der Waals surface area contributed by atoms with Crippen molar-refractivity contribution in [2.45, 2.75) is 83.5 Å². The summed E-state index contributed by atoms with van der Waals surface area (Å²) in [4.78, 5) is 2.47. The summed E-state index contributed by atoms with van der Waals surface area (Å²) in [6, 6.07) is 57.3. The fourth-order valence-electron chi connectivity index (χ4n) is 9.57. The molecule has 2 aliphatic carbocycles. The Hall–Kier alpha value is -5.40. The van der Waals surface area contributed by atoms with E-state index in [-0.39, 0.29) is 10.8 Å². The van der Waals surface area contributed by atoms with E-state index in [0.717, 1.165) is 11.4 Å². The van der Waals surface area contributed by atoms with Crippen LogP contribution in [0.4, 0.5) is 17.1 Å². The normalized spacial score (nSPS) is 15.2. The minimum Gasteiger partial charge on any atom is -0.310 e. The summed E-state index contributed by atoms with van der Waals surface area (Å²) in [6.45, 7) is 11.6. The highest BCUT2D eigenvalue weighted by atomic mass is 15.1. The number of fused-ring (bicyclic) bond motifs is 4. The van der Waals surface area contributed by atoms with Crippen LogP contribution in [0.15, 0.2) is 152 Å². The van der Waals surface area contributed by atoms with Gasteiger partial charge in [-0.2, -0.15) is 0 Å². The number of hydrogen-bond donors (Lipinski definition) is 0. The van der Waals surface area contributed by atoms with E-state index < -0.39 is 0 Å². The van der Waals surface area contributed by atoms with Crippen molar-refractivity contribution in [3.05, 3.63) is 174 Å². The van der Waals surface area contributed by atoms with E-state index in [1.54, 1.807) is 0 Å². The van der Waals surface area contributed by atoms with Gasteiger partial charge in [0.05, 0.1) is 5.69 Å². The van der Waals surface area contributed by atoms with Gasteiger partial charge in [0.2, 0.25) is 0 Å². The average molecular weight is 702 g/mol. The first kappa shape index (κ1) is 34.4. The lowest BCUT2D eigenvalue weighted by molar-refractivity contribution is 0.445. The van der Waals surface area contributed by atoms with Crippen molar-refractivity contribution in [1.82, 2.24) is 0 Å². The van der Waals surface area contributed by atoms with Crippen LogP contribution in [-0.2, 0) is 10.8 Å². The highest BCUT2D eigenvalue weighted by molar-refractivity contribution is 6.03. The van der Waals surface area contributed by atoms with Gasteiger partial charge in [0, 0.05) is 22.4 Å². The predicted octanol–water partition coefficient (Wildman–Crippen LogP) is 15.3. The van der Waals surface area contributed by atoms with E-state index in [1.165, 1.54) is 104 Å². The molecule has 1 nitrogen and oxygen atoms in total. The van der Waals surface area contributed by atoms with Crippen LogP contribution < -0.4 is 4.90 Å². The summed E-state index contributed by atoms with van der Waals surface area (Å²) in [6.07, 6.45) is 6.56. The molecule has 0 heterocycles. The van der Waals surface area contributed by atoms with Gasteiger partial charge in [0.15, 0.2) is 0 Å². The number of para-hydroxylation sites is 1. The zero-order chi connectivity index (χ0) is 37.0. The molecule has 0 amide bonds. The van der Waals surface area contributed by atoms with Crippen molar-refractivity contribution >= 4 is 27.8 Å². The lowest BCUT2D eigenvalue weighted by atomic mass is 9.80. The summed E-state index contributed by atoms with van der Waals surface area (Å²) in [5, 5.41) is 2.75. The second-order valence-corrected chi connectivity index (χ2v) is 17.2. The third-order valence-electron chi connectivity index (χ3n) is 12.5. The van der Waals surface area contributed by atoms with Crippen LogP contribution in [0.1, 0.15) is 94.9 Å². The van der Waals surface area contributed by atoms with Crippen molar-refractivity contribution in [1.29, 1.82) is 0 Å². The molecule has 268 valence electrons. The van der Waals surface area contributed by atoms with Gasteiger partial charge < -0.3 is 4.90 Å². The number of nitrogens with zero attached hydrogens (tertiary/aromatic N) is 1. The SMILES string of the molecule is CC(C)(C)c1ccc(N(c2ccc(-c3cccc4c3-c3ccccc3C4(C)C)cc2)c2ccccc2-c2cccc3cccc(C4CCCCC4)c23)cc1. The van der Waals surface area contributed by atoms with Crippen molar-refractivity contribution in [3.63, 3.8) is 0 Å². The fraction of sp³-hybridized carbons (Fsp3) is 0.245. The quantitative estimate of drug-likeness (QED) is 0.167. The smallest absolute Gasteiger partial charge is 0.0540 e. The van der Waals surface area contributed by atoms with E-state index in [4.69, 9.17) is 0 Å². The molecule has 2 aliphatic rings. The van der Waals surface area contributed by atoms with Crippen molar-refractivity contribution in [2.75, 3.05) is 4.90 Å². The summed E-state index contributed by atoms with van der Waals surface area (Å²) >= 11 is 0. The molecule has 7 aromatic rings. The standard InChI is InChI=1S/C53H51N/c1-52(2,3)39-30-34-41(35-31-39)54(40-32-28-37(29-33-40)43-23-15-26-48-51(43)46-21-9-11-25-47(46)53(48,4)5)49-27-12-10-20-44(49)45-24-14-19-38-18-13-22-42(50(38)45)36-16-7-6-8-17-36/h9-15,18-36H,6-8,16-17H2,1-5H3. The lowest BCUT2D eigenvalue weighted by Crippen LogP contribution is -2.14. The summed E-state index contributed by atoms with van der Waals surface area (Å²) < 4.78 is 0. The topological polar surface area (TPSA) is 3.24 Å². The maximum Gasteiger partial charge on any atom is 0.0540 e. The van der Waals surface area contributed by atoms with E-state index in [2.05, 4.69) is 191 Å². The molecule has 1 saturated carbocycles. The molecule has 0 N–H and O–H groups in total. The molecule has 7 aromatic carbocycles. The Balaban J connectivity index is 1.20. The van der Waals surface area contributed by atoms with Gasteiger partial charge >= 0.3 is 0 Å². The minimum absolute atomic E-state index is 0.0277. The van der Waals surface area contributed by atoms with Gasteiger partial charge in [0.1, 0.15) is 0 Å². The van der Waals surface area contributed by atoms with Crippen molar-refractivity contribution < 1.29 is 0 Å². The number of anilines is 3. The van der Waals surface area contributed by atoms with Crippen LogP contribution in [0.5, 0.6) is 0 Å². The molecule has 0 radical (unpaired) electrons. The van der Waals surface area contributed by atoms with Crippen LogP contribution in [0.2, 0.25) is 0 Å². The van der Waals surface area contributed by atoms with Gasteiger partial charge in [-0.15, -0.1) is 0 Å². The first-order chi connectivity index (χ1) is 26.2. The van der Waals surface area contributed by atoms with Crippen LogP contribution >= 0.6 is 0 Å². The monoisotopic (exact) mass is 701 g/mol. The van der Waals surface area contributed by atoms with E-state index in [0.29, 0.717) is 5.92 Å². The second-order valence-electron chi connectivity index (χ2n) is 17.2. The molecule has 1 fully saturated rings. The van der Waals surface area contributed by atoms with Crippen LogP contribution in [-0.4, -0.2) is 0 Å². The van der Waals surface area contributed by atoms with E-state index in [1.807, 2.05) is 0 Å². The summed E-state index contributed by atoms with van der Waals surface area (Å²) in [5.74, 6) is 0.612. The highest BCUT2D eigenvalue weighted by Gasteiger charge is 2.36. The van der Waals surface area contributed by atoms with Crippen molar-refractivity contribution in [2.24, 2.45) is 0 Å². The Bertz CT molecular complexity index is 2460. The number of hydrogen-bond acceptors (Lipinski definition) is 1. The van der Waals surface area contributed by atoms with Gasteiger partial charge in [0.25, 0.3) is 0 Å². The zero-order valence-electron chi connectivity index (χ0n) is 32.5. The molecule has 0 spiro atoms.